The van der Waals surface area contributed by atoms with Crippen LogP contribution in [0.1, 0.15) is 5.56 Å². The van der Waals surface area contributed by atoms with Gasteiger partial charge in [-0.15, -0.1) is 4.89 Å². The van der Waals surface area contributed by atoms with E-state index in [1.54, 1.807) is 24.3 Å². The van der Waals surface area contributed by atoms with Gasteiger partial charge in [-0.05, 0) is 0 Å². The van der Waals surface area contributed by atoms with Crippen molar-refractivity contribution in [3.05, 3.63) is 40.1 Å². The summed E-state index contributed by atoms with van der Waals surface area (Å²) in [4.78, 5) is 7.11. The molecule has 68 valence electrons. The topological polar surface area (TPSA) is 44.3 Å². The van der Waals surface area contributed by atoms with Crippen molar-refractivity contribution in [2.75, 3.05) is 0 Å². The van der Waals surface area contributed by atoms with Gasteiger partial charge in [0.05, 0.1) is 11.3 Å². The highest BCUT2D eigenvalue weighted by Crippen LogP contribution is 2.33. The van der Waals surface area contributed by atoms with Crippen LogP contribution in [0, 0.1) is 5.25 Å². The molecule has 1 aromatic carbocycles. The molecule has 2 rings (SSSR count). The Morgan fingerprint density at radius 1 is 1.46 bits per heavy atom. The summed E-state index contributed by atoms with van der Waals surface area (Å²) in [7, 11) is 0. The van der Waals surface area contributed by atoms with Gasteiger partial charge < -0.3 is 5.11 Å². The van der Waals surface area contributed by atoms with E-state index in [1.165, 1.54) is 11.9 Å². The SMILES string of the molecule is [O-]C1ONS[C+]1c1ccc(Cl)cc1. The number of hydrogen-bond acceptors (Lipinski definition) is 4. The highest BCUT2D eigenvalue weighted by atomic mass is 35.5. The summed E-state index contributed by atoms with van der Waals surface area (Å²) < 4.78 is 0. The first-order valence-corrected chi connectivity index (χ1v) is 4.83. The van der Waals surface area contributed by atoms with Crippen LogP contribution in [0.5, 0.6) is 0 Å². The third-order valence-electron chi connectivity index (χ3n) is 1.65. The van der Waals surface area contributed by atoms with Crippen LogP contribution >= 0.6 is 23.5 Å². The standard InChI is InChI=1S/C8H6ClNO2S/c9-6-3-1-5(2-4-6)7-8(11)12-10-13-7/h1-4,8,10H. The number of halogens is 1. The van der Waals surface area contributed by atoms with Crippen molar-refractivity contribution in [1.29, 1.82) is 0 Å². The van der Waals surface area contributed by atoms with Crippen molar-refractivity contribution >= 4 is 23.5 Å². The van der Waals surface area contributed by atoms with Crippen LogP contribution in [-0.2, 0) is 4.84 Å². The van der Waals surface area contributed by atoms with Crippen LogP contribution in [0.2, 0.25) is 5.02 Å². The van der Waals surface area contributed by atoms with Crippen molar-refractivity contribution in [2.24, 2.45) is 0 Å². The molecule has 5 heteroatoms. The Labute approximate surface area is 85.1 Å². The summed E-state index contributed by atoms with van der Waals surface area (Å²) >= 11 is 6.91. The maximum Gasteiger partial charge on any atom is 0.146 e. The molecule has 0 amide bonds. The largest absolute Gasteiger partial charge is 0.815 e. The Morgan fingerprint density at radius 3 is 2.69 bits per heavy atom. The van der Waals surface area contributed by atoms with Gasteiger partial charge in [-0.1, -0.05) is 11.6 Å². The summed E-state index contributed by atoms with van der Waals surface area (Å²) in [6.45, 7) is 0. The van der Waals surface area contributed by atoms with Gasteiger partial charge in [0.15, 0.2) is 0 Å². The molecule has 1 saturated heterocycles. The first-order valence-electron chi connectivity index (χ1n) is 3.63. The predicted molar refractivity (Wildman–Crippen MR) is 49.4 cm³/mol. The first-order chi connectivity index (χ1) is 6.27. The van der Waals surface area contributed by atoms with Crippen LogP contribution < -0.4 is 9.99 Å². The number of nitrogens with one attached hydrogen (secondary N) is 1. The van der Waals surface area contributed by atoms with E-state index in [2.05, 4.69) is 9.72 Å². The molecule has 1 fully saturated rings. The third kappa shape index (κ3) is 1.92. The molecule has 0 aromatic heterocycles. The van der Waals surface area contributed by atoms with E-state index in [4.69, 9.17) is 11.6 Å². The molecule has 0 bridgehead atoms. The molecule has 1 aromatic rings. The molecule has 3 nitrogen and oxygen atoms in total. The molecule has 1 heterocycles. The predicted octanol–water partition coefficient (Wildman–Crippen LogP) is 1.09. The summed E-state index contributed by atoms with van der Waals surface area (Å²) in [5.41, 5.74) is 0.847. The van der Waals surface area contributed by atoms with E-state index < -0.39 is 6.29 Å². The number of rotatable bonds is 1. The second-order valence-corrected chi connectivity index (χ2v) is 3.75. The van der Waals surface area contributed by atoms with E-state index in [9.17, 15) is 5.11 Å². The highest BCUT2D eigenvalue weighted by Gasteiger charge is 2.30. The lowest BCUT2D eigenvalue weighted by atomic mass is 10.1. The minimum absolute atomic E-state index is 0.636. The van der Waals surface area contributed by atoms with Crippen molar-refractivity contribution in [1.82, 2.24) is 4.89 Å². The van der Waals surface area contributed by atoms with E-state index in [-0.39, 0.29) is 0 Å². The monoisotopic (exact) mass is 215 g/mol. The van der Waals surface area contributed by atoms with E-state index in [1.807, 2.05) is 0 Å². The Hall–Kier alpha value is -0.390. The molecular weight excluding hydrogens is 210 g/mol. The summed E-state index contributed by atoms with van der Waals surface area (Å²) in [5.74, 6) is 0. The first kappa shape index (κ1) is 9.18. The lowest BCUT2D eigenvalue weighted by molar-refractivity contribution is -0.480. The minimum atomic E-state index is -1.13. The molecule has 0 saturated carbocycles. The Bertz CT molecular complexity index is 293. The minimum Gasteiger partial charge on any atom is -0.815 e. The van der Waals surface area contributed by atoms with Gasteiger partial charge in [-0.2, -0.15) is 0 Å². The van der Waals surface area contributed by atoms with E-state index >= 15 is 0 Å². The molecule has 0 radical (unpaired) electrons. The van der Waals surface area contributed by atoms with Crippen molar-refractivity contribution in [3.63, 3.8) is 0 Å². The molecule has 0 aliphatic carbocycles. The van der Waals surface area contributed by atoms with E-state index in [0.717, 1.165) is 5.56 Å². The van der Waals surface area contributed by atoms with Crippen LogP contribution in [0.4, 0.5) is 0 Å². The lowest BCUT2D eigenvalue weighted by Gasteiger charge is -2.13. The van der Waals surface area contributed by atoms with Crippen molar-refractivity contribution < 1.29 is 9.94 Å². The van der Waals surface area contributed by atoms with E-state index in [0.29, 0.717) is 10.3 Å². The molecule has 1 atom stereocenters. The second-order valence-electron chi connectivity index (χ2n) is 2.51. The summed E-state index contributed by atoms with van der Waals surface area (Å²) in [6, 6.07) is 7.09. The van der Waals surface area contributed by atoms with Gasteiger partial charge in [0, 0.05) is 36.2 Å². The number of hydrogen-bond donors (Lipinski definition) is 1. The maximum atomic E-state index is 11.2. The average molecular weight is 216 g/mol. The van der Waals surface area contributed by atoms with Crippen molar-refractivity contribution in [3.8, 4) is 0 Å². The Balaban J connectivity index is 2.20. The van der Waals surface area contributed by atoms with Gasteiger partial charge in [0.25, 0.3) is 0 Å². The van der Waals surface area contributed by atoms with Gasteiger partial charge in [-0.25, -0.2) is 0 Å². The molecule has 0 spiro atoms. The maximum absolute atomic E-state index is 11.2. The lowest BCUT2D eigenvalue weighted by Crippen LogP contribution is -2.30. The molecule has 13 heavy (non-hydrogen) atoms. The highest BCUT2D eigenvalue weighted by molar-refractivity contribution is 8.00. The summed E-state index contributed by atoms with van der Waals surface area (Å²) in [6.07, 6.45) is -1.13. The zero-order valence-corrected chi connectivity index (χ0v) is 8.06. The van der Waals surface area contributed by atoms with Crippen molar-refractivity contribution in [2.45, 2.75) is 6.29 Å². The third-order valence-corrected chi connectivity index (χ3v) is 2.73. The molecule has 1 aliphatic heterocycles. The van der Waals surface area contributed by atoms with Crippen LogP contribution in [-0.4, -0.2) is 6.29 Å². The average Bonchev–Trinajstić information content (AvgIpc) is 2.53. The molecule has 1 N–H and O–H groups in total. The quantitative estimate of drug-likeness (QED) is 0.563. The second kappa shape index (κ2) is 3.77. The van der Waals surface area contributed by atoms with Gasteiger partial charge in [0.2, 0.25) is 0 Å². The summed E-state index contributed by atoms with van der Waals surface area (Å²) in [5, 5.41) is 12.5. The van der Waals surface area contributed by atoms with Crippen LogP contribution in [0.15, 0.2) is 24.3 Å². The smallest absolute Gasteiger partial charge is 0.146 e. The van der Waals surface area contributed by atoms with Gasteiger partial charge >= 0.3 is 0 Å². The van der Waals surface area contributed by atoms with Gasteiger partial charge in [0.1, 0.15) is 10.8 Å². The fourth-order valence-corrected chi connectivity index (χ4v) is 1.77. The van der Waals surface area contributed by atoms with Gasteiger partial charge in [-0.3, -0.25) is 4.84 Å². The zero-order chi connectivity index (χ0) is 9.26. The van der Waals surface area contributed by atoms with Crippen LogP contribution in [0.3, 0.4) is 0 Å². The molecule has 1 aliphatic rings. The zero-order valence-electron chi connectivity index (χ0n) is 6.49. The molecular formula is C8H6ClNO2S. The number of benzene rings is 1. The normalized spacial score (nSPS) is 22.3. The Kier molecular flexibility index (Phi) is 2.66. The molecule has 1 unspecified atom stereocenters. The Morgan fingerprint density at radius 2 is 2.15 bits per heavy atom. The van der Waals surface area contributed by atoms with Crippen LogP contribution in [0.25, 0.3) is 0 Å². The fraction of sp³-hybridized carbons (Fsp3) is 0.125. The fourth-order valence-electron chi connectivity index (χ4n) is 1.02.